The highest BCUT2D eigenvalue weighted by Gasteiger charge is 2.09. The molecule has 1 rings (SSSR count). The number of hydrogen-bond acceptors (Lipinski definition) is 3. The number of urea groups is 1. The minimum absolute atomic E-state index is 0.0570. The van der Waals surface area contributed by atoms with Gasteiger partial charge < -0.3 is 20.5 Å². The summed E-state index contributed by atoms with van der Waals surface area (Å²) in [7, 11) is 1.60. The van der Waals surface area contributed by atoms with Crippen LogP contribution in [0.25, 0.3) is 0 Å². The van der Waals surface area contributed by atoms with E-state index >= 15 is 0 Å². The van der Waals surface area contributed by atoms with Gasteiger partial charge in [-0.05, 0) is 12.5 Å². The second-order valence-corrected chi connectivity index (χ2v) is 3.93. The number of carbonyl (C=O) groups is 1. The molecule has 0 aliphatic carbocycles. The first-order chi connectivity index (χ1) is 8.71. The van der Waals surface area contributed by atoms with Crippen LogP contribution < -0.4 is 15.4 Å². The summed E-state index contributed by atoms with van der Waals surface area (Å²) in [5, 5.41) is 14.4. The van der Waals surface area contributed by atoms with Crippen LogP contribution in [0, 0.1) is 0 Å². The van der Waals surface area contributed by atoms with Crippen molar-refractivity contribution >= 4 is 6.03 Å². The number of methoxy groups -OCH3 is 1. The summed E-state index contributed by atoms with van der Waals surface area (Å²) in [6.45, 7) is 2.23. The summed E-state index contributed by atoms with van der Waals surface area (Å²) < 4.78 is 5.19. The summed E-state index contributed by atoms with van der Waals surface area (Å²) in [6.07, 6.45) is 0.693. The highest BCUT2D eigenvalue weighted by atomic mass is 16.5. The molecule has 5 heteroatoms. The van der Waals surface area contributed by atoms with E-state index in [4.69, 9.17) is 9.84 Å². The van der Waals surface area contributed by atoms with Crippen LogP contribution in [0.3, 0.4) is 0 Å². The maximum atomic E-state index is 11.6. The molecule has 1 aromatic carbocycles. The Balaban J connectivity index is 2.47. The van der Waals surface area contributed by atoms with Gasteiger partial charge in [-0.3, -0.25) is 0 Å². The Labute approximate surface area is 107 Å². The van der Waals surface area contributed by atoms with Gasteiger partial charge in [-0.1, -0.05) is 25.1 Å². The van der Waals surface area contributed by atoms with Crippen molar-refractivity contribution in [3.05, 3.63) is 29.8 Å². The van der Waals surface area contributed by atoms with E-state index in [0.29, 0.717) is 13.0 Å². The topological polar surface area (TPSA) is 70.6 Å². The number of benzene rings is 1. The van der Waals surface area contributed by atoms with Crippen molar-refractivity contribution in [3.63, 3.8) is 0 Å². The van der Waals surface area contributed by atoms with Gasteiger partial charge in [0.15, 0.2) is 0 Å². The molecule has 1 atom stereocenters. The first-order valence-corrected chi connectivity index (χ1v) is 5.98. The zero-order valence-corrected chi connectivity index (χ0v) is 10.8. The minimum Gasteiger partial charge on any atom is -0.496 e. The van der Waals surface area contributed by atoms with Crippen LogP contribution in [-0.2, 0) is 6.54 Å². The summed E-state index contributed by atoms with van der Waals surface area (Å²) >= 11 is 0. The number of hydrogen-bond donors (Lipinski definition) is 3. The van der Waals surface area contributed by atoms with Gasteiger partial charge in [0, 0.05) is 12.1 Å². The molecule has 0 bridgehead atoms. The van der Waals surface area contributed by atoms with Gasteiger partial charge in [-0.25, -0.2) is 4.79 Å². The molecule has 0 aliphatic heterocycles. The molecule has 0 saturated carbocycles. The molecule has 18 heavy (non-hydrogen) atoms. The highest BCUT2D eigenvalue weighted by molar-refractivity contribution is 5.74. The van der Waals surface area contributed by atoms with Crippen LogP contribution in [0.5, 0.6) is 5.75 Å². The molecule has 3 N–H and O–H groups in total. The van der Waals surface area contributed by atoms with Gasteiger partial charge in [0.2, 0.25) is 0 Å². The summed E-state index contributed by atoms with van der Waals surface area (Å²) in [6, 6.07) is 7.01. The summed E-state index contributed by atoms with van der Waals surface area (Å²) in [5.74, 6) is 0.743. The van der Waals surface area contributed by atoms with Crippen molar-refractivity contribution in [2.24, 2.45) is 0 Å². The Kier molecular flexibility index (Phi) is 6.00. The number of aliphatic hydroxyl groups is 1. The molecule has 0 aromatic heterocycles. The number of amides is 2. The number of aliphatic hydroxyl groups excluding tert-OH is 1. The molecule has 100 valence electrons. The normalized spacial score (nSPS) is 11.7. The van der Waals surface area contributed by atoms with E-state index in [9.17, 15) is 4.79 Å². The fourth-order valence-electron chi connectivity index (χ4n) is 1.54. The minimum atomic E-state index is -0.290. The largest absolute Gasteiger partial charge is 0.496 e. The Bertz CT molecular complexity index is 378. The van der Waals surface area contributed by atoms with Crippen LogP contribution in [0.4, 0.5) is 4.79 Å². The van der Waals surface area contributed by atoms with Crippen molar-refractivity contribution < 1.29 is 14.6 Å². The van der Waals surface area contributed by atoms with Crippen molar-refractivity contribution in [2.75, 3.05) is 13.7 Å². The molecule has 0 fully saturated rings. The molecule has 0 aliphatic rings. The van der Waals surface area contributed by atoms with Gasteiger partial charge in [-0.2, -0.15) is 0 Å². The number of nitrogens with one attached hydrogen (secondary N) is 2. The molecule has 0 spiro atoms. The second kappa shape index (κ2) is 7.55. The van der Waals surface area contributed by atoms with Crippen molar-refractivity contribution in [1.29, 1.82) is 0 Å². The number of carbonyl (C=O) groups excluding carboxylic acids is 1. The predicted molar refractivity (Wildman–Crippen MR) is 69.5 cm³/mol. The van der Waals surface area contributed by atoms with Crippen LogP contribution in [-0.4, -0.2) is 30.9 Å². The summed E-state index contributed by atoms with van der Waals surface area (Å²) in [4.78, 5) is 11.6. The van der Waals surface area contributed by atoms with Gasteiger partial charge >= 0.3 is 6.03 Å². The summed E-state index contributed by atoms with van der Waals surface area (Å²) in [5.41, 5.74) is 0.909. The third-order valence-corrected chi connectivity index (χ3v) is 2.68. The zero-order chi connectivity index (χ0) is 13.4. The molecule has 0 radical (unpaired) electrons. The van der Waals surface area contributed by atoms with E-state index in [1.54, 1.807) is 7.11 Å². The first-order valence-electron chi connectivity index (χ1n) is 5.98. The number of para-hydroxylation sites is 1. The zero-order valence-electron chi connectivity index (χ0n) is 10.8. The molecule has 0 heterocycles. The molecule has 5 nitrogen and oxygen atoms in total. The van der Waals surface area contributed by atoms with Crippen molar-refractivity contribution in [3.8, 4) is 5.75 Å². The van der Waals surface area contributed by atoms with E-state index in [-0.39, 0.29) is 18.7 Å². The van der Waals surface area contributed by atoms with Gasteiger partial charge in [-0.15, -0.1) is 0 Å². The lowest BCUT2D eigenvalue weighted by atomic mass is 10.2. The lowest BCUT2D eigenvalue weighted by Crippen LogP contribution is -2.43. The third kappa shape index (κ3) is 4.25. The standard InChI is InChI=1S/C13H20N2O3/c1-3-11(9-16)15-13(17)14-8-10-6-4-5-7-12(10)18-2/h4-7,11,16H,3,8-9H2,1-2H3,(H2,14,15,17). The van der Waals surface area contributed by atoms with Gasteiger partial charge in [0.1, 0.15) is 5.75 Å². The Morgan fingerprint density at radius 2 is 2.17 bits per heavy atom. The molecule has 0 saturated heterocycles. The monoisotopic (exact) mass is 252 g/mol. The quantitative estimate of drug-likeness (QED) is 0.714. The van der Waals surface area contributed by atoms with E-state index in [1.165, 1.54) is 0 Å². The molecule has 2 amide bonds. The van der Waals surface area contributed by atoms with Crippen LogP contribution in [0.15, 0.2) is 24.3 Å². The fourth-order valence-corrected chi connectivity index (χ4v) is 1.54. The molecule has 1 unspecified atom stereocenters. The third-order valence-electron chi connectivity index (χ3n) is 2.68. The fraction of sp³-hybridized carbons (Fsp3) is 0.462. The van der Waals surface area contributed by atoms with Crippen molar-refractivity contribution in [1.82, 2.24) is 10.6 Å². The van der Waals surface area contributed by atoms with Crippen LogP contribution in [0.1, 0.15) is 18.9 Å². The Hall–Kier alpha value is -1.75. The van der Waals surface area contributed by atoms with Crippen LogP contribution in [0.2, 0.25) is 0 Å². The smallest absolute Gasteiger partial charge is 0.315 e. The SMILES string of the molecule is CCC(CO)NC(=O)NCc1ccccc1OC. The van der Waals surface area contributed by atoms with Crippen LogP contribution >= 0.6 is 0 Å². The van der Waals surface area contributed by atoms with E-state index in [2.05, 4.69) is 10.6 Å². The number of ether oxygens (including phenoxy) is 1. The van der Waals surface area contributed by atoms with Crippen molar-refractivity contribution in [2.45, 2.75) is 25.9 Å². The Morgan fingerprint density at radius 3 is 2.78 bits per heavy atom. The maximum absolute atomic E-state index is 11.6. The second-order valence-electron chi connectivity index (χ2n) is 3.93. The lowest BCUT2D eigenvalue weighted by molar-refractivity contribution is 0.214. The van der Waals surface area contributed by atoms with E-state index in [0.717, 1.165) is 11.3 Å². The molecular formula is C13H20N2O3. The van der Waals surface area contributed by atoms with Gasteiger partial charge in [0.05, 0.1) is 19.8 Å². The van der Waals surface area contributed by atoms with E-state index < -0.39 is 0 Å². The maximum Gasteiger partial charge on any atom is 0.315 e. The average Bonchev–Trinajstić information content (AvgIpc) is 2.42. The lowest BCUT2D eigenvalue weighted by Gasteiger charge is -2.15. The molecular weight excluding hydrogens is 232 g/mol. The molecule has 1 aromatic rings. The number of rotatable bonds is 6. The Morgan fingerprint density at radius 1 is 1.44 bits per heavy atom. The first kappa shape index (κ1) is 14.3. The highest BCUT2D eigenvalue weighted by Crippen LogP contribution is 2.16. The predicted octanol–water partition coefficient (Wildman–Crippen LogP) is 1.27. The average molecular weight is 252 g/mol. The van der Waals surface area contributed by atoms with Gasteiger partial charge in [0.25, 0.3) is 0 Å². The van der Waals surface area contributed by atoms with E-state index in [1.807, 2.05) is 31.2 Å².